The van der Waals surface area contributed by atoms with E-state index in [1.807, 2.05) is 6.92 Å². The van der Waals surface area contributed by atoms with Crippen LogP contribution >= 0.6 is 0 Å². The van der Waals surface area contributed by atoms with Crippen LogP contribution in [-0.2, 0) is 18.9 Å². The SMILES string of the molecule is CCOS(=O)(=O)ON(CC)c1ccc(N)c(C)c1. The summed E-state index contributed by atoms with van der Waals surface area (Å²) in [7, 11) is -4.02. The Morgan fingerprint density at radius 1 is 1.33 bits per heavy atom. The van der Waals surface area contributed by atoms with Gasteiger partial charge in [-0.2, -0.15) is 8.42 Å². The molecule has 0 aliphatic carbocycles. The summed E-state index contributed by atoms with van der Waals surface area (Å²) in [5.41, 5.74) is 7.80. The van der Waals surface area contributed by atoms with E-state index in [4.69, 9.17) is 10.0 Å². The molecular formula is C11H18N2O4S. The zero-order valence-corrected chi connectivity index (χ0v) is 11.5. The number of nitrogens with two attached hydrogens (primary N) is 1. The molecule has 0 spiro atoms. The number of nitrogens with zero attached hydrogens (tertiary/aromatic N) is 1. The summed E-state index contributed by atoms with van der Waals surface area (Å²) in [5, 5.41) is 1.23. The molecule has 0 atom stereocenters. The largest absolute Gasteiger partial charge is 0.421 e. The van der Waals surface area contributed by atoms with E-state index < -0.39 is 10.4 Å². The van der Waals surface area contributed by atoms with E-state index in [0.29, 0.717) is 17.9 Å². The molecule has 0 aliphatic rings. The van der Waals surface area contributed by atoms with E-state index in [9.17, 15) is 8.42 Å². The summed E-state index contributed by atoms with van der Waals surface area (Å²) in [6.07, 6.45) is 0. The Morgan fingerprint density at radius 3 is 2.50 bits per heavy atom. The number of benzene rings is 1. The average Bonchev–Trinajstić information content (AvgIpc) is 2.30. The van der Waals surface area contributed by atoms with Crippen LogP contribution in [0.15, 0.2) is 18.2 Å². The number of hydroxylamine groups is 1. The number of nitrogen functional groups attached to an aromatic ring is 1. The second kappa shape index (κ2) is 6.03. The molecule has 0 fully saturated rings. The number of rotatable bonds is 6. The van der Waals surface area contributed by atoms with Gasteiger partial charge in [0.2, 0.25) is 0 Å². The molecule has 0 aliphatic heterocycles. The van der Waals surface area contributed by atoms with E-state index in [2.05, 4.69) is 4.18 Å². The van der Waals surface area contributed by atoms with Crippen LogP contribution in [0.25, 0.3) is 0 Å². The van der Waals surface area contributed by atoms with Crippen molar-refractivity contribution in [3.8, 4) is 0 Å². The van der Waals surface area contributed by atoms with Crippen molar-refractivity contribution in [3.63, 3.8) is 0 Å². The molecule has 0 heterocycles. The zero-order chi connectivity index (χ0) is 13.8. The fourth-order valence-corrected chi connectivity index (χ4v) is 2.11. The first-order chi connectivity index (χ1) is 8.39. The highest BCUT2D eigenvalue weighted by atomic mass is 32.3. The van der Waals surface area contributed by atoms with Crippen LogP contribution in [0.1, 0.15) is 19.4 Å². The van der Waals surface area contributed by atoms with Gasteiger partial charge in [0.25, 0.3) is 0 Å². The third-order valence-electron chi connectivity index (χ3n) is 2.27. The van der Waals surface area contributed by atoms with Crippen LogP contribution in [0, 0.1) is 6.92 Å². The predicted octanol–water partition coefficient (Wildman–Crippen LogP) is 1.62. The molecular weight excluding hydrogens is 256 g/mol. The lowest BCUT2D eigenvalue weighted by molar-refractivity contribution is 0.207. The molecule has 0 bridgehead atoms. The lowest BCUT2D eigenvalue weighted by Crippen LogP contribution is -2.28. The molecule has 1 aromatic rings. The van der Waals surface area contributed by atoms with E-state index in [1.165, 1.54) is 5.06 Å². The van der Waals surface area contributed by atoms with E-state index in [1.54, 1.807) is 32.0 Å². The van der Waals surface area contributed by atoms with Crippen molar-refractivity contribution in [2.24, 2.45) is 0 Å². The third kappa shape index (κ3) is 3.86. The Balaban J connectivity index is 2.93. The molecule has 0 amide bonds. The van der Waals surface area contributed by atoms with Crippen LogP contribution in [0.4, 0.5) is 11.4 Å². The summed E-state index contributed by atoms with van der Waals surface area (Å²) in [6, 6.07) is 5.14. The van der Waals surface area contributed by atoms with Crippen molar-refractivity contribution in [1.29, 1.82) is 0 Å². The fourth-order valence-electron chi connectivity index (χ4n) is 1.37. The molecule has 0 aromatic heterocycles. The van der Waals surface area contributed by atoms with Crippen LogP contribution in [0.2, 0.25) is 0 Å². The van der Waals surface area contributed by atoms with Gasteiger partial charge in [-0.15, -0.1) is 4.28 Å². The maximum absolute atomic E-state index is 11.4. The smallest absolute Gasteiger partial charge is 0.399 e. The minimum Gasteiger partial charge on any atom is -0.399 e. The maximum Gasteiger partial charge on any atom is 0.421 e. The number of hydrogen-bond acceptors (Lipinski definition) is 6. The van der Waals surface area contributed by atoms with E-state index in [0.717, 1.165) is 5.56 Å². The third-order valence-corrected chi connectivity index (χ3v) is 3.16. The molecule has 18 heavy (non-hydrogen) atoms. The van der Waals surface area contributed by atoms with Gasteiger partial charge in [-0.1, -0.05) is 0 Å². The Morgan fingerprint density at radius 2 is 2.00 bits per heavy atom. The van der Waals surface area contributed by atoms with Crippen molar-refractivity contribution in [1.82, 2.24) is 0 Å². The molecule has 0 unspecified atom stereocenters. The first kappa shape index (κ1) is 14.7. The maximum atomic E-state index is 11.4. The Kier molecular flexibility index (Phi) is 4.94. The van der Waals surface area contributed by atoms with Gasteiger partial charge < -0.3 is 5.73 Å². The molecule has 0 saturated carbocycles. The summed E-state index contributed by atoms with van der Waals surface area (Å²) in [6.45, 7) is 5.57. The molecule has 1 rings (SSSR count). The van der Waals surface area contributed by atoms with E-state index >= 15 is 0 Å². The van der Waals surface area contributed by atoms with Crippen LogP contribution in [-0.4, -0.2) is 21.6 Å². The molecule has 102 valence electrons. The Bertz CT molecular complexity index is 502. The minimum atomic E-state index is -4.02. The van der Waals surface area contributed by atoms with Gasteiger partial charge in [0.1, 0.15) is 0 Å². The van der Waals surface area contributed by atoms with Crippen molar-refractivity contribution >= 4 is 21.8 Å². The first-order valence-corrected chi connectivity index (χ1v) is 6.95. The lowest BCUT2D eigenvalue weighted by atomic mass is 10.2. The minimum absolute atomic E-state index is 0.0284. The molecule has 0 radical (unpaired) electrons. The van der Waals surface area contributed by atoms with Gasteiger partial charge in [0.05, 0.1) is 12.3 Å². The molecule has 1 aromatic carbocycles. The Labute approximate surface area is 108 Å². The van der Waals surface area contributed by atoms with Crippen molar-refractivity contribution in [2.75, 3.05) is 23.9 Å². The van der Waals surface area contributed by atoms with Gasteiger partial charge in [0, 0.05) is 12.2 Å². The molecule has 6 nitrogen and oxygen atoms in total. The average molecular weight is 274 g/mol. The summed E-state index contributed by atoms with van der Waals surface area (Å²) in [4.78, 5) is 0. The molecule has 0 saturated heterocycles. The lowest BCUT2D eigenvalue weighted by Gasteiger charge is -2.21. The summed E-state index contributed by atoms with van der Waals surface area (Å²) in [5.74, 6) is 0. The summed E-state index contributed by atoms with van der Waals surface area (Å²) < 4.78 is 32.2. The first-order valence-electron chi connectivity index (χ1n) is 5.62. The van der Waals surface area contributed by atoms with Gasteiger partial charge in [-0.3, -0.25) is 0 Å². The monoisotopic (exact) mass is 274 g/mol. The standard InChI is InChI=1S/C11H18N2O4S/c1-4-13(17-18(14,15)16-5-2)10-6-7-11(12)9(3)8-10/h6-8H,4-5,12H2,1-3H3. The highest BCUT2D eigenvalue weighted by Crippen LogP contribution is 2.21. The van der Waals surface area contributed by atoms with Crippen molar-refractivity contribution in [2.45, 2.75) is 20.8 Å². The van der Waals surface area contributed by atoms with Gasteiger partial charge >= 0.3 is 10.4 Å². The summed E-state index contributed by atoms with van der Waals surface area (Å²) >= 11 is 0. The number of hydrogen-bond donors (Lipinski definition) is 1. The number of anilines is 2. The van der Waals surface area contributed by atoms with Crippen molar-refractivity contribution in [3.05, 3.63) is 23.8 Å². The number of aryl methyl sites for hydroxylation is 1. The van der Waals surface area contributed by atoms with E-state index in [-0.39, 0.29) is 6.61 Å². The highest BCUT2D eigenvalue weighted by Gasteiger charge is 2.17. The quantitative estimate of drug-likeness (QED) is 0.627. The van der Waals surface area contributed by atoms with Crippen LogP contribution < -0.4 is 10.8 Å². The normalized spacial score (nSPS) is 11.5. The highest BCUT2D eigenvalue weighted by molar-refractivity contribution is 7.81. The van der Waals surface area contributed by atoms with Crippen LogP contribution in [0.5, 0.6) is 0 Å². The Hall–Kier alpha value is -1.31. The topological polar surface area (TPSA) is 81.9 Å². The van der Waals surface area contributed by atoms with Crippen molar-refractivity contribution < 1.29 is 16.9 Å². The predicted molar refractivity (Wildman–Crippen MR) is 70.2 cm³/mol. The second-order valence-electron chi connectivity index (χ2n) is 3.62. The van der Waals surface area contributed by atoms with Gasteiger partial charge in [-0.05, 0) is 44.5 Å². The zero-order valence-electron chi connectivity index (χ0n) is 10.7. The van der Waals surface area contributed by atoms with Gasteiger partial charge in [0.15, 0.2) is 0 Å². The molecule has 2 N–H and O–H groups in total. The fraction of sp³-hybridized carbons (Fsp3) is 0.455. The molecule has 7 heteroatoms. The van der Waals surface area contributed by atoms with Gasteiger partial charge in [-0.25, -0.2) is 9.25 Å². The second-order valence-corrected chi connectivity index (χ2v) is 4.83. The van der Waals surface area contributed by atoms with Crippen LogP contribution in [0.3, 0.4) is 0 Å².